The molecular weight excluding hydrogens is 422 g/mol. The van der Waals surface area contributed by atoms with Crippen molar-refractivity contribution in [3.8, 4) is 6.07 Å². The third-order valence-corrected chi connectivity index (χ3v) is 6.83. The topological polar surface area (TPSA) is 90.3 Å². The van der Waals surface area contributed by atoms with E-state index in [2.05, 4.69) is 11.4 Å². The third kappa shape index (κ3) is 5.34. The fourth-order valence-electron chi connectivity index (χ4n) is 3.32. The van der Waals surface area contributed by atoms with Crippen molar-refractivity contribution in [3.05, 3.63) is 89.5 Å². The highest BCUT2D eigenvalue weighted by Crippen LogP contribution is 2.28. The standard InChI is InChI=1S/C25H25N3O3S/c1-3-21-6-4-5-7-24(21)28(32(30,31)23-14-8-19(2)9-15-23)18-25(29)27-22-12-10-20(11-13-22)16-17-26/h4-15H,3,16,18H2,1-2H3,(H,27,29). The van der Waals surface area contributed by atoms with E-state index in [-0.39, 0.29) is 17.9 Å². The van der Waals surface area contributed by atoms with E-state index in [0.717, 1.165) is 21.0 Å². The Morgan fingerprint density at radius 3 is 2.28 bits per heavy atom. The Morgan fingerprint density at radius 2 is 1.66 bits per heavy atom. The van der Waals surface area contributed by atoms with E-state index in [1.807, 2.05) is 26.0 Å². The van der Waals surface area contributed by atoms with E-state index in [1.165, 1.54) is 0 Å². The number of aryl methyl sites for hydroxylation is 2. The molecule has 0 aliphatic rings. The number of benzene rings is 3. The fourth-order valence-corrected chi connectivity index (χ4v) is 4.78. The lowest BCUT2D eigenvalue weighted by molar-refractivity contribution is -0.114. The minimum Gasteiger partial charge on any atom is -0.325 e. The molecule has 0 aliphatic carbocycles. The summed E-state index contributed by atoms with van der Waals surface area (Å²) in [6.07, 6.45) is 0.905. The maximum atomic E-state index is 13.5. The number of rotatable bonds is 8. The molecule has 0 fully saturated rings. The SMILES string of the molecule is CCc1ccccc1N(CC(=O)Nc1ccc(CC#N)cc1)S(=O)(=O)c1ccc(C)cc1. The maximum Gasteiger partial charge on any atom is 0.264 e. The number of carbonyl (C=O) groups is 1. The Hall–Kier alpha value is -3.63. The number of nitriles is 1. The van der Waals surface area contributed by atoms with Crippen molar-refractivity contribution in [1.29, 1.82) is 5.26 Å². The van der Waals surface area contributed by atoms with Gasteiger partial charge in [0.25, 0.3) is 10.0 Å². The molecule has 0 aliphatic heterocycles. The molecule has 32 heavy (non-hydrogen) atoms. The van der Waals surface area contributed by atoms with Crippen molar-refractivity contribution in [1.82, 2.24) is 0 Å². The quantitative estimate of drug-likeness (QED) is 0.552. The summed E-state index contributed by atoms with van der Waals surface area (Å²) in [6.45, 7) is 3.46. The first kappa shape index (κ1) is 23.0. The molecule has 0 saturated carbocycles. The van der Waals surface area contributed by atoms with E-state index in [1.54, 1.807) is 60.7 Å². The first-order valence-electron chi connectivity index (χ1n) is 10.3. The van der Waals surface area contributed by atoms with Crippen molar-refractivity contribution in [3.63, 3.8) is 0 Å². The molecule has 7 heteroatoms. The number of hydrogen-bond donors (Lipinski definition) is 1. The van der Waals surface area contributed by atoms with Crippen LogP contribution < -0.4 is 9.62 Å². The monoisotopic (exact) mass is 447 g/mol. The van der Waals surface area contributed by atoms with Gasteiger partial charge in [-0.2, -0.15) is 5.26 Å². The van der Waals surface area contributed by atoms with Crippen LogP contribution in [-0.2, 0) is 27.7 Å². The van der Waals surface area contributed by atoms with Gasteiger partial charge in [0.05, 0.1) is 23.1 Å². The maximum absolute atomic E-state index is 13.5. The van der Waals surface area contributed by atoms with Gasteiger partial charge in [-0.05, 0) is 54.8 Å². The van der Waals surface area contributed by atoms with Crippen LogP contribution in [0.5, 0.6) is 0 Å². The molecule has 1 amide bonds. The van der Waals surface area contributed by atoms with E-state index in [0.29, 0.717) is 17.8 Å². The minimum absolute atomic E-state index is 0.127. The van der Waals surface area contributed by atoms with Gasteiger partial charge in [0.2, 0.25) is 5.91 Å². The highest BCUT2D eigenvalue weighted by molar-refractivity contribution is 7.92. The van der Waals surface area contributed by atoms with E-state index in [9.17, 15) is 13.2 Å². The van der Waals surface area contributed by atoms with Crippen molar-refractivity contribution in [2.45, 2.75) is 31.6 Å². The van der Waals surface area contributed by atoms with E-state index in [4.69, 9.17) is 5.26 Å². The van der Waals surface area contributed by atoms with Gasteiger partial charge in [-0.25, -0.2) is 8.42 Å². The van der Waals surface area contributed by atoms with Crippen LogP contribution in [0.3, 0.4) is 0 Å². The van der Waals surface area contributed by atoms with Gasteiger partial charge in [0.15, 0.2) is 0 Å². The molecule has 3 aromatic rings. The van der Waals surface area contributed by atoms with Gasteiger partial charge < -0.3 is 5.32 Å². The van der Waals surface area contributed by atoms with Gasteiger partial charge in [-0.3, -0.25) is 9.10 Å². The second-order valence-electron chi connectivity index (χ2n) is 7.39. The number of anilines is 2. The average Bonchev–Trinajstić information content (AvgIpc) is 2.79. The van der Waals surface area contributed by atoms with Crippen LogP contribution in [0.4, 0.5) is 11.4 Å². The minimum atomic E-state index is -3.97. The molecule has 0 bridgehead atoms. The molecule has 3 aromatic carbocycles. The van der Waals surface area contributed by atoms with E-state index >= 15 is 0 Å². The summed E-state index contributed by atoms with van der Waals surface area (Å²) in [7, 11) is -3.97. The zero-order valence-corrected chi connectivity index (χ0v) is 18.9. The molecule has 0 spiro atoms. The van der Waals surface area contributed by atoms with Crippen LogP contribution in [0, 0.1) is 18.3 Å². The number of nitrogens with zero attached hydrogens (tertiary/aromatic N) is 2. The number of sulfonamides is 1. The lowest BCUT2D eigenvalue weighted by Crippen LogP contribution is -2.38. The predicted octanol–water partition coefficient (Wildman–Crippen LogP) is 4.46. The molecule has 3 rings (SSSR count). The summed E-state index contributed by atoms with van der Waals surface area (Å²) in [5.41, 5.74) is 3.63. The number of para-hydroxylation sites is 1. The average molecular weight is 448 g/mol. The smallest absolute Gasteiger partial charge is 0.264 e. The van der Waals surface area contributed by atoms with Crippen molar-refractivity contribution in [2.75, 3.05) is 16.2 Å². The zero-order valence-electron chi connectivity index (χ0n) is 18.1. The summed E-state index contributed by atoms with van der Waals surface area (Å²) in [4.78, 5) is 13.0. The van der Waals surface area contributed by atoms with Gasteiger partial charge in [0, 0.05) is 5.69 Å². The summed E-state index contributed by atoms with van der Waals surface area (Å²) in [5, 5.41) is 11.5. The lowest BCUT2D eigenvalue weighted by Gasteiger charge is -2.26. The Kier molecular flexibility index (Phi) is 7.29. The van der Waals surface area contributed by atoms with Gasteiger partial charge in [-0.15, -0.1) is 0 Å². The summed E-state index contributed by atoms with van der Waals surface area (Å²) < 4.78 is 28.2. The van der Waals surface area contributed by atoms with Crippen LogP contribution in [0.2, 0.25) is 0 Å². The van der Waals surface area contributed by atoms with Gasteiger partial charge in [0.1, 0.15) is 6.54 Å². The zero-order chi connectivity index (χ0) is 23.1. The van der Waals surface area contributed by atoms with Crippen LogP contribution in [0.25, 0.3) is 0 Å². The number of carbonyl (C=O) groups excluding carboxylic acids is 1. The summed E-state index contributed by atoms with van der Waals surface area (Å²) in [5.74, 6) is -0.459. The second kappa shape index (κ2) is 10.1. The van der Waals surface area contributed by atoms with Crippen LogP contribution in [0.1, 0.15) is 23.6 Å². The Balaban J connectivity index is 1.93. The van der Waals surface area contributed by atoms with E-state index < -0.39 is 15.9 Å². The second-order valence-corrected chi connectivity index (χ2v) is 9.25. The Morgan fingerprint density at radius 1 is 1.00 bits per heavy atom. The number of hydrogen-bond acceptors (Lipinski definition) is 4. The normalized spacial score (nSPS) is 10.9. The highest BCUT2D eigenvalue weighted by Gasteiger charge is 2.28. The number of amides is 1. The molecular formula is C25H25N3O3S. The van der Waals surface area contributed by atoms with Crippen LogP contribution >= 0.6 is 0 Å². The van der Waals surface area contributed by atoms with Crippen molar-refractivity contribution >= 4 is 27.3 Å². The molecule has 0 radical (unpaired) electrons. The largest absolute Gasteiger partial charge is 0.325 e. The van der Waals surface area contributed by atoms with Gasteiger partial charge >= 0.3 is 0 Å². The van der Waals surface area contributed by atoms with Crippen molar-refractivity contribution < 1.29 is 13.2 Å². The fraction of sp³-hybridized carbons (Fsp3) is 0.200. The summed E-state index contributed by atoms with van der Waals surface area (Å²) >= 11 is 0. The molecule has 6 nitrogen and oxygen atoms in total. The predicted molar refractivity (Wildman–Crippen MR) is 126 cm³/mol. The van der Waals surface area contributed by atoms with Crippen LogP contribution in [-0.4, -0.2) is 20.9 Å². The molecule has 0 atom stereocenters. The lowest BCUT2D eigenvalue weighted by atomic mass is 10.1. The molecule has 0 aromatic heterocycles. The first-order chi connectivity index (χ1) is 15.3. The Bertz CT molecular complexity index is 1230. The molecule has 0 saturated heterocycles. The molecule has 164 valence electrons. The number of nitrogens with one attached hydrogen (secondary N) is 1. The molecule has 0 heterocycles. The summed E-state index contributed by atoms with van der Waals surface area (Å²) in [6, 6.07) is 22.7. The molecule has 1 N–H and O–H groups in total. The Labute approximate surface area is 189 Å². The third-order valence-electron chi connectivity index (χ3n) is 5.06. The molecule has 0 unspecified atom stereocenters. The van der Waals surface area contributed by atoms with Crippen LogP contribution in [0.15, 0.2) is 77.7 Å². The van der Waals surface area contributed by atoms with Gasteiger partial charge in [-0.1, -0.05) is 55.0 Å². The first-order valence-corrected chi connectivity index (χ1v) is 11.7. The highest BCUT2D eigenvalue weighted by atomic mass is 32.2. The van der Waals surface area contributed by atoms with Crippen molar-refractivity contribution in [2.24, 2.45) is 0 Å².